The van der Waals surface area contributed by atoms with E-state index in [4.69, 9.17) is 9.47 Å². The molecule has 1 fully saturated rings. The van der Waals surface area contributed by atoms with E-state index in [0.717, 1.165) is 19.9 Å². The summed E-state index contributed by atoms with van der Waals surface area (Å²) in [5.41, 5.74) is 1.67. The van der Waals surface area contributed by atoms with Gasteiger partial charge in [0.1, 0.15) is 6.61 Å². The zero-order valence-electron chi connectivity index (χ0n) is 18.5. The monoisotopic (exact) mass is 581 g/mol. The van der Waals surface area contributed by atoms with Crippen LogP contribution in [0, 0.1) is 13.7 Å². The van der Waals surface area contributed by atoms with E-state index in [2.05, 4.69) is 27.6 Å². The minimum atomic E-state index is -0.432. The highest BCUT2D eigenvalue weighted by Crippen LogP contribution is 2.38. The lowest BCUT2D eigenvalue weighted by atomic mass is 10.1. The van der Waals surface area contributed by atoms with E-state index >= 15 is 0 Å². The van der Waals surface area contributed by atoms with Crippen molar-refractivity contribution in [3.63, 3.8) is 0 Å². The van der Waals surface area contributed by atoms with Crippen LogP contribution < -0.4 is 9.47 Å². The van der Waals surface area contributed by atoms with Crippen LogP contribution in [0.4, 0.5) is 5.69 Å². The van der Waals surface area contributed by atoms with Crippen molar-refractivity contribution in [2.45, 2.75) is 27.4 Å². The van der Waals surface area contributed by atoms with Gasteiger partial charge >= 0.3 is 0 Å². The second-order valence-corrected chi connectivity index (χ2v) is 9.06. The van der Waals surface area contributed by atoms with Crippen LogP contribution in [0.2, 0.25) is 0 Å². The summed E-state index contributed by atoms with van der Waals surface area (Å²) in [4.78, 5) is 29.9. The van der Waals surface area contributed by atoms with Gasteiger partial charge in [-0.1, -0.05) is 0 Å². The molecule has 3 rings (SSSR count). The molecule has 0 bridgehead atoms. The normalized spacial score (nSPS) is 16.0. The fourth-order valence-electron chi connectivity index (χ4n) is 3.13. The summed E-state index contributed by atoms with van der Waals surface area (Å²) in [6.07, 6.45) is 1.85. The fourth-order valence-corrected chi connectivity index (χ4v) is 5.02. The molecule has 0 saturated carbocycles. The Hall–Kier alpha value is -2.60. The molecule has 2 aromatic rings. The van der Waals surface area contributed by atoms with Crippen molar-refractivity contribution in [1.82, 2.24) is 4.90 Å². The number of nitro benzene ring substituents is 1. The number of amides is 1. The van der Waals surface area contributed by atoms with E-state index in [1.54, 1.807) is 17.0 Å². The Bertz CT molecular complexity index is 1100. The van der Waals surface area contributed by atoms with Crippen LogP contribution in [0.25, 0.3) is 6.08 Å². The molecule has 10 heteroatoms. The van der Waals surface area contributed by atoms with Gasteiger partial charge in [-0.25, -0.2) is 0 Å². The van der Waals surface area contributed by atoms with Gasteiger partial charge in [0.15, 0.2) is 16.7 Å². The largest absolute Gasteiger partial charge is 0.490 e. The Morgan fingerprint density at radius 2 is 1.91 bits per heavy atom. The van der Waals surface area contributed by atoms with Crippen LogP contribution in [-0.4, -0.2) is 40.6 Å². The molecule has 1 aliphatic heterocycles. The molecule has 33 heavy (non-hydrogen) atoms. The zero-order chi connectivity index (χ0) is 24.0. The highest BCUT2D eigenvalue weighted by atomic mass is 127. The van der Waals surface area contributed by atoms with Gasteiger partial charge in [-0.15, -0.1) is 0 Å². The number of carbonyl (C=O) groups is 1. The summed E-state index contributed by atoms with van der Waals surface area (Å²) in [7, 11) is 0. The highest BCUT2D eigenvalue weighted by molar-refractivity contribution is 14.1. The number of non-ortho nitro benzene ring substituents is 1. The number of rotatable bonds is 9. The highest BCUT2D eigenvalue weighted by Gasteiger charge is 2.32. The lowest BCUT2D eigenvalue weighted by Gasteiger charge is -2.15. The molecule has 0 unspecified atom stereocenters. The molecule has 0 spiro atoms. The van der Waals surface area contributed by atoms with Crippen molar-refractivity contribution in [3.05, 3.63) is 66.1 Å². The SMILES string of the molecule is CCN=C1S/C(=C/c2cc(I)c(OCc3ccc([N+](=O)[O-])cc3)c(OCC)c2)C(=O)N1CC. The van der Waals surface area contributed by atoms with E-state index < -0.39 is 4.92 Å². The molecule has 0 aromatic heterocycles. The molecular formula is C23H24IN3O5S. The van der Waals surface area contributed by atoms with Gasteiger partial charge < -0.3 is 9.47 Å². The molecule has 1 heterocycles. The molecule has 2 aromatic carbocycles. The van der Waals surface area contributed by atoms with Crippen LogP contribution in [-0.2, 0) is 11.4 Å². The van der Waals surface area contributed by atoms with E-state index in [9.17, 15) is 14.9 Å². The van der Waals surface area contributed by atoms with Crippen LogP contribution in [0.5, 0.6) is 11.5 Å². The average Bonchev–Trinajstić information content (AvgIpc) is 3.07. The molecule has 0 atom stereocenters. The minimum Gasteiger partial charge on any atom is -0.490 e. The standard InChI is InChI=1S/C23H24IN3O5S/c1-4-25-23-26(5-2)22(28)20(33-23)13-16-11-18(24)21(19(12-16)31-6-3)32-14-15-7-9-17(10-8-15)27(29)30/h7-13H,4-6,14H2,1-3H3/b20-13+,25-23?. The van der Waals surface area contributed by atoms with Crippen molar-refractivity contribution in [1.29, 1.82) is 0 Å². The van der Waals surface area contributed by atoms with E-state index in [-0.39, 0.29) is 18.2 Å². The van der Waals surface area contributed by atoms with Crippen molar-refractivity contribution < 1.29 is 19.2 Å². The zero-order valence-corrected chi connectivity index (χ0v) is 21.5. The number of likely N-dealkylation sites (N-methyl/N-ethyl adjacent to an activating group) is 1. The van der Waals surface area contributed by atoms with Gasteiger partial charge in [0, 0.05) is 25.2 Å². The third-order valence-corrected chi connectivity index (χ3v) is 6.50. The Morgan fingerprint density at radius 1 is 1.18 bits per heavy atom. The first-order chi connectivity index (χ1) is 15.9. The second kappa shape index (κ2) is 11.5. The number of amidine groups is 1. The number of nitro groups is 1. The first-order valence-corrected chi connectivity index (χ1v) is 12.4. The quantitative estimate of drug-likeness (QED) is 0.168. The Balaban J connectivity index is 1.85. The summed E-state index contributed by atoms with van der Waals surface area (Å²) in [5.74, 6) is 1.11. The molecule has 0 N–H and O–H groups in total. The number of halogens is 1. The molecule has 0 radical (unpaired) electrons. The van der Waals surface area contributed by atoms with Crippen molar-refractivity contribution in [3.8, 4) is 11.5 Å². The molecule has 0 aliphatic carbocycles. The molecule has 174 valence electrons. The van der Waals surface area contributed by atoms with Gasteiger partial charge in [-0.2, -0.15) is 0 Å². The van der Waals surface area contributed by atoms with Crippen LogP contribution in [0.1, 0.15) is 31.9 Å². The second-order valence-electron chi connectivity index (χ2n) is 6.89. The number of hydrogen-bond acceptors (Lipinski definition) is 7. The lowest BCUT2D eigenvalue weighted by molar-refractivity contribution is -0.384. The summed E-state index contributed by atoms with van der Waals surface area (Å²) in [5, 5.41) is 11.6. The average molecular weight is 581 g/mol. The third kappa shape index (κ3) is 6.05. The van der Waals surface area contributed by atoms with Gasteiger partial charge in [0.05, 0.1) is 20.0 Å². The van der Waals surface area contributed by atoms with Gasteiger partial charge in [-0.3, -0.25) is 24.8 Å². The molecule has 8 nitrogen and oxygen atoms in total. The number of aliphatic imine (C=N–C) groups is 1. The summed E-state index contributed by atoms with van der Waals surface area (Å²) < 4.78 is 12.7. The summed E-state index contributed by atoms with van der Waals surface area (Å²) in [6.45, 7) is 7.64. The maximum Gasteiger partial charge on any atom is 0.269 e. The summed E-state index contributed by atoms with van der Waals surface area (Å²) >= 11 is 3.56. The predicted molar refractivity (Wildman–Crippen MR) is 139 cm³/mol. The number of nitrogens with zero attached hydrogens (tertiary/aromatic N) is 3. The smallest absolute Gasteiger partial charge is 0.269 e. The number of carbonyl (C=O) groups excluding carboxylic acids is 1. The number of hydrogen-bond donors (Lipinski definition) is 0. The topological polar surface area (TPSA) is 94.3 Å². The van der Waals surface area contributed by atoms with Crippen LogP contribution in [0.15, 0.2) is 46.3 Å². The molecular weight excluding hydrogens is 557 g/mol. The molecule has 1 saturated heterocycles. The van der Waals surface area contributed by atoms with Crippen molar-refractivity contribution in [2.24, 2.45) is 4.99 Å². The number of benzene rings is 2. The van der Waals surface area contributed by atoms with E-state index in [0.29, 0.717) is 36.1 Å². The van der Waals surface area contributed by atoms with Crippen LogP contribution >= 0.6 is 34.4 Å². The predicted octanol–water partition coefficient (Wildman–Crippen LogP) is 5.49. The van der Waals surface area contributed by atoms with Crippen molar-refractivity contribution >= 4 is 57.2 Å². The van der Waals surface area contributed by atoms with Crippen molar-refractivity contribution in [2.75, 3.05) is 19.7 Å². The molecule has 1 aliphatic rings. The molecule has 1 amide bonds. The van der Waals surface area contributed by atoms with Gasteiger partial charge in [0.25, 0.3) is 11.6 Å². The Kier molecular flexibility index (Phi) is 8.73. The van der Waals surface area contributed by atoms with E-state index in [1.807, 2.05) is 39.0 Å². The van der Waals surface area contributed by atoms with E-state index in [1.165, 1.54) is 23.9 Å². The van der Waals surface area contributed by atoms with Gasteiger partial charge in [-0.05, 0) is 96.6 Å². The van der Waals surface area contributed by atoms with Crippen LogP contribution in [0.3, 0.4) is 0 Å². The third-order valence-electron chi connectivity index (χ3n) is 4.66. The maximum atomic E-state index is 12.8. The Morgan fingerprint density at radius 3 is 2.52 bits per heavy atom. The first-order valence-electron chi connectivity index (χ1n) is 10.5. The number of thioether (sulfide) groups is 1. The number of ether oxygens (including phenoxy) is 2. The minimum absolute atomic E-state index is 0.0360. The lowest BCUT2D eigenvalue weighted by Crippen LogP contribution is -2.28. The Labute approximate surface area is 210 Å². The van der Waals surface area contributed by atoms with Gasteiger partial charge in [0.2, 0.25) is 0 Å². The first kappa shape index (κ1) is 25.0. The maximum absolute atomic E-state index is 12.8. The fraction of sp³-hybridized carbons (Fsp3) is 0.304. The summed E-state index contributed by atoms with van der Waals surface area (Å²) in [6, 6.07) is 10.0.